The number of carboxylic acids is 1. The Bertz CT molecular complexity index is 448. The van der Waals surface area contributed by atoms with Crippen molar-refractivity contribution in [3.05, 3.63) is 23.2 Å². The Labute approximate surface area is 116 Å². The van der Waals surface area contributed by atoms with Crippen molar-refractivity contribution in [1.29, 1.82) is 0 Å². The molecule has 1 amide bonds. The molecule has 0 saturated heterocycles. The molecule has 0 aliphatic carbocycles. The van der Waals surface area contributed by atoms with Gasteiger partial charge in [-0.3, -0.25) is 9.59 Å². The van der Waals surface area contributed by atoms with Crippen LogP contribution in [0.15, 0.2) is 12.4 Å². The Morgan fingerprint density at radius 1 is 1.37 bits per heavy atom. The van der Waals surface area contributed by atoms with Crippen LogP contribution in [0.25, 0.3) is 0 Å². The second-order valence-corrected chi connectivity index (χ2v) is 4.99. The number of aromatic nitrogens is 2. The highest BCUT2D eigenvalue weighted by molar-refractivity contribution is 6.29. The summed E-state index contributed by atoms with van der Waals surface area (Å²) in [6.07, 6.45) is 3.01. The van der Waals surface area contributed by atoms with Crippen molar-refractivity contribution >= 4 is 23.5 Å². The van der Waals surface area contributed by atoms with Crippen LogP contribution in [0, 0.1) is 11.8 Å². The van der Waals surface area contributed by atoms with E-state index >= 15 is 0 Å². The fraction of sp³-hybridized carbons (Fsp3) is 0.500. The smallest absolute Gasteiger partial charge is 0.308 e. The van der Waals surface area contributed by atoms with E-state index in [0.29, 0.717) is 6.42 Å². The number of carbonyl (C=O) groups excluding carboxylic acids is 1. The van der Waals surface area contributed by atoms with Gasteiger partial charge in [-0.1, -0.05) is 25.4 Å². The number of hydrogen-bond donors (Lipinski definition) is 2. The van der Waals surface area contributed by atoms with Gasteiger partial charge >= 0.3 is 5.97 Å². The summed E-state index contributed by atoms with van der Waals surface area (Å²) in [5.74, 6) is -1.74. The van der Waals surface area contributed by atoms with Crippen LogP contribution < -0.4 is 5.32 Å². The van der Waals surface area contributed by atoms with Crippen LogP contribution in [0.2, 0.25) is 5.15 Å². The maximum absolute atomic E-state index is 11.7. The highest BCUT2D eigenvalue weighted by atomic mass is 35.5. The fourth-order valence-corrected chi connectivity index (χ4v) is 1.67. The number of halogens is 1. The predicted octanol–water partition coefficient (Wildman–Crippen LogP) is 1.61. The van der Waals surface area contributed by atoms with Gasteiger partial charge in [0, 0.05) is 6.54 Å². The number of carboxylic acid groups (broad SMARTS) is 1. The van der Waals surface area contributed by atoms with E-state index in [9.17, 15) is 9.59 Å². The van der Waals surface area contributed by atoms with E-state index in [1.54, 1.807) is 0 Å². The fourth-order valence-electron chi connectivity index (χ4n) is 1.58. The Kier molecular flexibility index (Phi) is 5.69. The third-order valence-corrected chi connectivity index (χ3v) is 2.66. The van der Waals surface area contributed by atoms with Crippen LogP contribution in [0.3, 0.4) is 0 Å². The lowest BCUT2D eigenvalue weighted by molar-refractivity contribution is -0.142. The lowest BCUT2D eigenvalue weighted by Crippen LogP contribution is -2.34. The van der Waals surface area contributed by atoms with Gasteiger partial charge in [0.2, 0.25) is 0 Å². The number of aliphatic carboxylic acids is 1. The number of nitrogens with zero attached hydrogens (tertiary/aromatic N) is 2. The summed E-state index contributed by atoms with van der Waals surface area (Å²) in [4.78, 5) is 30.3. The van der Waals surface area contributed by atoms with Crippen molar-refractivity contribution in [2.45, 2.75) is 20.3 Å². The summed E-state index contributed by atoms with van der Waals surface area (Å²) in [7, 11) is 0. The standard InChI is InChI=1S/C12H16ClN3O3/c1-7(2)3-8(12(18)19)4-16-11(17)9-5-15-10(13)6-14-9/h5-8H,3-4H2,1-2H3,(H,16,17)(H,18,19). The molecule has 1 atom stereocenters. The molecule has 0 bridgehead atoms. The van der Waals surface area contributed by atoms with Crippen molar-refractivity contribution in [3.63, 3.8) is 0 Å². The molecule has 1 rings (SSSR count). The normalized spacial score (nSPS) is 12.2. The highest BCUT2D eigenvalue weighted by Gasteiger charge is 2.20. The van der Waals surface area contributed by atoms with Gasteiger partial charge in [-0.15, -0.1) is 0 Å². The van der Waals surface area contributed by atoms with E-state index in [-0.39, 0.29) is 23.3 Å². The minimum atomic E-state index is -0.920. The van der Waals surface area contributed by atoms with E-state index < -0.39 is 17.8 Å². The van der Waals surface area contributed by atoms with Crippen molar-refractivity contribution in [2.24, 2.45) is 11.8 Å². The molecule has 0 aliphatic rings. The van der Waals surface area contributed by atoms with Crippen LogP contribution >= 0.6 is 11.6 Å². The topological polar surface area (TPSA) is 92.2 Å². The molecule has 1 unspecified atom stereocenters. The molecular weight excluding hydrogens is 270 g/mol. The third kappa shape index (κ3) is 5.21. The number of hydrogen-bond acceptors (Lipinski definition) is 4. The monoisotopic (exact) mass is 285 g/mol. The van der Waals surface area contributed by atoms with Crippen LogP contribution in [-0.2, 0) is 4.79 Å². The number of rotatable bonds is 6. The van der Waals surface area contributed by atoms with Crippen molar-refractivity contribution in [2.75, 3.05) is 6.54 Å². The molecule has 0 aliphatic heterocycles. The van der Waals surface area contributed by atoms with Gasteiger partial charge < -0.3 is 10.4 Å². The summed E-state index contributed by atoms with van der Waals surface area (Å²) in [6, 6.07) is 0. The van der Waals surface area contributed by atoms with E-state index in [2.05, 4.69) is 15.3 Å². The average molecular weight is 286 g/mol. The quantitative estimate of drug-likeness (QED) is 0.828. The molecule has 104 valence electrons. The Morgan fingerprint density at radius 3 is 2.53 bits per heavy atom. The number of carbonyl (C=O) groups is 2. The molecule has 1 aromatic rings. The van der Waals surface area contributed by atoms with Gasteiger partial charge in [0.1, 0.15) is 10.8 Å². The number of nitrogens with one attached hydrogen (secondary N) is 1. The first-order valence-corrected chi connectivity index (χ1v) is 6.26. The van der Waals surface area contributed by atoms with Crippen LogP contribution in [0.4, 0.5) is 0 Å². The van der Waals surface area contributed by atoms with Crippen LogP contribution in [-0.4, -0.2) is 33.5 Å². The first-order chi connectivity index (χ1) is 8.90. The zero-order valence-corrected chi connectivity index (χ0v) is 11.5. The van der Waals surface area contributed by atoms with Gasteiger partial charge in [0.25, 0.3) is 5.91 Å². The Hall–Kier alpha value is -1.69. The van der Waals surface area contributed by atoms with Gasteiger partial charge in [-0.2, -0.15) is 0 Å². The number of amides is 1. The van der Waals surface area contributed by atoms with Gasteiger partial charge in [-0.25, -0.2) is 9.97 Å². The summed E-state index contributed by atoms with van der Waals surface area (Å²) < 4.78 is 0. The molecule has 6 nitrogen and oxygen atoms in total. The molecular formula is C12H16ClN3O3. The largest absolute Gasteiger partial charge is 0.481 e. The van der Waals surface area contributed by atoms with Crippen molar-refractivity contribution in [3.8, 4) is 0 Å². The molecule has 0 fully saturated rings. The molecule has 0 aromatic carbocycles. The molecule has 0 saturated carbocycles. The Balaban J connectivity index is 2.56. The SMILES string of the molecule is CC(C)CC(CNC(=O)c1cnc(Cl)cn1)C(=O)O. The second kappa shape index (κ2) is 7.04. The zero-order chi connectivity index (χ0) is 14.4. The molecule has 2 N–H and O–H groups in total. The van der Waals surface area contributed by atoms with E-state index in [4.69, 9.17) is 16.7 Å². The lowest BCUT2D eigenvalue weighted by atomic mass is 9.97. The first kappa shape index (κ1) is 15.4. The van der Waals surface area contributed by atoms with Crippen LogP contribution in [0.1, 0.15) is 30.8 Å². The van der Waals surface area contributed by atoms with E-state index in [1.165, 1.54) is 12.4 Å². The molecule has 0 spiro atoms. The third-order valence-electron chi connectivity index (χ3n) is 2.47. The predicted molar refractivity (Wildman–Crippen MR) is 70.0 cm³/mol. The van der Waals surface area contributed by atoms with E-state index in [0.717, 1.165) is 0 Å². The summed E-state index contributed by atoms with van der Waals surface area (Å²) in [6.45, 7) is 3.93. The highest BCUT2D eigenvalue weighted by Crippen LogP contribution is 2.11. The van der Waals surface area contributed by atoms with Gasteiger partial charge in [-0.05, 0) is 12.3 Å². The molecule has 19 heavy (non-hydrogen) atoms. The van der Waals surface area contributed by atoms with Crippen molar-refractivity contribution in [1.82, 2.24) is 15.3 Å². The van der Waals surface area contributed by atoms with E-state index in [1.807, 2.05) is 13.8 Å². The summed E-state index contributed by atoms with van der Waals surface area (Å²) >= 11 is 5.56. The first-order valence-electron chi connectivity index (χ1n) is 5.88. The summed E-state index contributed by atoms with van der Waals surface area (Å²) in [5.41, 5.74) is 0.109. The average Bonchev–Trinajstić information content (AvgIpc) is 2.34. The Morgan fingerprint density at radius 2 is 2.05 bits per heavy atom. The van der Waals surface area contributed by atoms with Gasteiger partial charge in [0.05, 0.1) is 18.3 Å². The molecule has 1 heterocycles. The second-order valence-electron chi connectivity index (χ2n) is 4.60. The lowest BCUT2D eigenvalue weighted by Gasteiger charge is -2.15. The molecule has 0 radical (unpaired) electrons. The maximum Gasteiger partial charge on any atom is 0.308 e. The maximum atomic E-state index is 11.7. The van der Waals surface area contributed by atoms with Crippen molar-refractivity contribution < 1.29 is 14.7 Å². The van der Waals surface area contributed by atoms with Crippen LogP contribution in [0.5, 0.6) is 0 Å². The minimum absolute atomic E-state index is 0.0661. The summed E-state index contributed by atoms with van der Waals surface area (Å²) in [5, 5.41) is 11.8. The molecule has 7 heteroatoms. The zero-order valence-electron chi connectivity index (χ0n) is 10.8. The minimum Gasteiger partial charge on any atom is -0.481 e. The molecule has 1 aromatic heterocycles. The van der Waals surface area contributed by atoms with Gasteiger partial charge in [0.15, 0.2) is 0 Å².